The van der Waals surface area contributed by atoms with Gasteiger partial charge in [0, 0.05) is 16.1 Å². The second-order valence-corrected chi connectivity index (χ2v) is 6.91. The molecular formula is C20H17ClN2O3S. The number of ether oxygens (including phenoxy) is 2. The summed E-state index contributed by atoms with van der Waals surface area (Å²) < 4.78 is 10.9. The molecule has 1 amide bonds. The number of hydrogen-bond donors (Lipinski definition) is 1. The number of thioether (sulfide) groups is 1. The number of carbonyl (C=O) groups is 1. The fraction of sp³-hybridized carbons (Fsp3) is 0.100. The molecule has 0 aliphatic heterocycles. The van der Waals surface area contributed by atoms with Crippen LogP contribution in [-0.4, -0.2) is 23.8 Å². The maximum absolute atomic E-state index is 12.3. The highest BCUT2D eigenvalue weighted by molar-refractivity contribution is 8.00. The van der Waals surface area contributed by atoms with Crippen molar-refractivity contribution in [3.05, 3.63) is 71.9 Å². The summed E-state index contributed by atoms with van der Waals surface area (Å²) in [4.78, 5) is 17.5. The van der Waals surface area contributed by atoms with Crippen LogP contribution in [0.15, 0.2) is 71.8 Å². The maximum atomic E-state index is 12.3. The molecule has 0 spiro atoms. The number of anilines is 1. The summed E-state index contributed by atoms with van der Waals surface area (Å²) in [5, 5.41) is 3.50. The van der Waals surface area contributed by atoms with Crippen molar-refractivity contribution in [2.24, 2.45) is 0 Å². The van der Waals surface area contributed by atoms with Gasteiger partial charge in [-0.25, -0.2) is 4.98 Å². The summed E-state index contributed by atoms with van der Waals surface area (Å²) >= 11 is 7.29. The highest BCUT2D eigenvalue weighted by atomic mass is 35.5. The van der Waals surface area contributed by atoms with Gasteiger partial charge in [-0.15, -0.1) is 11.8 Å². The van der Waals surface area contributed by atoms with Gasteiger partial charge in [-0.3, -0.25) is 4.79 Å². The third-order valence-corrected chi connectivity index (χ3v) is 4.77. The monoisotopic (exact) mass is 400 g/mol. The van der Waals surface area contributed by atoms with Gasteiger partial charge >= 0.3 is 0 Å². The molecule has 3 rings (SSSR count). The number of carbonyl (C=O) groups excluding carboxylic acids is 1. The van der Waals surface area contributed by atoms with Gasteiger partial charge in [0.05, 0.1) is 12.9 Å². The van der Waals surface area contributed by atoms with E-state index in [-0.39, 0.29) is 11.7 Å². The van der Waals surface area contributed by atoms with E-state index in [4.69, 9.17) is 21.1 Å². The average molecular weight is 401 g/mol. The summed E-state index contributed by atoms with van der Waals surface area (Å²) in [5.41, 5.74) is 0.509. The standard InChI is InChI=1S/C20H17ClN2O3S/c1-25-15-6-8-16(9-7-15)26-20-18(3-2-12-22-20)23-19(24)13-27-17-10-4-14(21)5-11-17/h2-12H,13H2,1H3,(H,23,24). The third-order valence-electron chi connectivity index (χ3n) is 3.50. The molecule has 0 aliphatic carbocycles. The number of hydrogen-bond acceptors (Lipinski definition) is 5. The molecule has 0 radical (unpaired) electrons. The van der Waals surface area contributed by atoms with Crippen LogP contribution in [-0.2, 0) is 4.79 Å². The Balaban J connectivity index is 1.62. The smallest absolute Gasteiger partial charge is 0.243 e. The quantitative estimate of drug-likeness (QED) is 0.547. The van der Waals surface area contributed by atoms with E-state index >= 15 is 0 Å². The SMILES string of the molecule is COc1ccc(Oc2ncccc2NC(=O)CSc2ccc(Cl)cc2)cc1. The van der Waals surface area contributed by atoms with E-state index in [1.165, 1.54) is 11.8 Å². The Morgan fingerprint density at radius 1 is 1.07 bits per heavy atom. The van der Waals surface area contributed by atoms with Gasteiger partial charge in [0.15, 0.2) is 0 Å². The largest absolute Gasteiger partial charge is 0.497 e. The molecule has 138 valence electrons. The first-order valence-electron chi connectivity index (χ1n) is 8.09. The molecule has 0 saturated carbocycles. The highest BCUT2D eigenvalue weighted by Crippen LogP contribution is 2.28. The molecule has 0 fully saturated rings. The zero-order valence-electron chi connectivity index (χ0n) is 14.5. The molecule has 0 atom stereocenters. The number of benzene rings is 2. The second kappa shape index (κ2) is 9.30. The lowest BCUT2D eigenvalue weighted by atomic mass is 10.3. The van der Waals surface area contributed by atoms with Crippen molar-refractivity contribution in [3.63, 3.8) is 0 Å². The molecule has 5 nitrogen and oxygen atoms in total. The van der Waals surface area contributed by atoms with Crippen molar-refractivity contribution < 1.29 is 14.3 Å². The molecule has 27 heavy (non-hydrogen) atoms. The van der Waals surface area contributed by atoms with E-state index in [1.54, 1.807) is 61.8 Å². The predicted octanol–water partition coefficient (Wildman–Crippen LogP) is 5.27. The normalized spacial score (nSPS) is 10.3. The van der Waals surface area contributed by atoms with Gasteiger partial charge in [0.2, 0.25) is 11.8 Å². The van der Waals surface area contributed by atoms with Crippen LogP contribution >= 0.6 is 23.4 Å². The second-order valence-electron chi connectivity index (χ2n) is 5.42. The van der Waals surface area contributed by atoms with Gasteiger partial charge < -0.3 is 14.8 Å². The molecule has 0 saturated heterocycles. The lowest BCUT2D eigenvalue weighted by molar-refractivity contribution is -0.113. The fourth-order valence-corrected chi connectivity index (χ4v) is 3.01. The number of pyridine rings is 1. The lowest BCUT2D eigenvalue weighted by Crippen LogP contribution is -2.14. The molecule has 0 aliphatic rings. The number of nitrogens with one attached hydrogen (secondary N) is 1. The molecule has 1 aromatic heterocycles. The Hall–Kier alpha value is -2.70. The van der Waals surface area contributed by atoms with Crippen LogP contribution in [0.2, 0.25) is 5.02 Å². The molecule has 3 aromatic rings. The van der Waals surface area contributed by atoms with Gasteiger partial charge in [0.25, 0.3) is 0 Å². The predicted molar refractivity (Wildman–Crippen MR) is 108 cm³/mol. The van der Waals surface area contributed by atoms with Gasteiger partial charge in [0.1, 0.15) is 17.2 Å². The van der Waals surface area contributed by atoms with Crippen LogP contribution in [0, 0.1) is 0 Å². The Morgan fingerprint density at radius 2 is 1.78 bits per heavy atom. The van der Waals surface area contributed by atoms with Crippen LogP contribution in [0.3, 0.4) is 0 Å². The van der Waals surface area contributed by atoms with Crippen LogP contribution in [0.4, 0.5) is 5.69 Å². The summed E-state index contributed by atoms with van der Waals surface area (Å²) in [7, 11) is 1.60. The zero-order chi connectivity index (χ0) is 19.1. The van der Waals surface area contributed by atoms with Gasteiger partial charge in [-0.1, -0.05) is 11.6 Å². The van der Waals surface area contributed by atoms with Crippen molar-refractivity contribution in [1.82, 2.24) is 4.98 Å². The summed E-state index contributed by atoms with van der Waals surface area (Å²) in [6, 6.07) is 18.0. The number of nitrogens with zero attached hydrogens (tertiary/aromatic N) is 1. The number of methoxy groups -OCH3 is 1. The molecule has 7 heteroatoms. The summed E-state index contributed by atoms with van der Waals surface area (Å²) in [6.07, 6.45) is 1.61. The Kier molecular flexibility index (Phi) is 6.57. The lowest BCUT2D eigenvalue weighted by Gasteiger charge is -2.11. The van der Waals surface area contributed by atoms with E-state index in [9.17, 15) is 4.79 Å². The van der Waals surface area contributed by atoms with E-state index in [0.29, 0.717) is 22.3 Å². The zero-order valence-corrected chi connectivity index (χ0v) is 16.1. The van der Waals surface area contributed by atoms with E-state index in [0.717, 1.165) is 10.6 Å². The van der Waals surface area contributed by atoms with Gasteiger partial charge in [-0.2, -0.15) is 0 Å². The third kappa shape index (κ3) is 5.64. The maximum Gasteiger partial charge on any atom is 0.243 e. The first-order valence-corrected chi connectivity index (χ1v) is 9.45. The Labute approximate surface area is 166 Å². The molecule has 1 heterocycles. The minimum Gasteiger partial charge on any atom is -0.497 e. The van der Waals surface area contributed by atoms with Crippen LogP contribution < -0.4 is 14.8 Å². The minimum absolute atomic E-state index is 0.150. The molecular weight excluding hydrogens is 384 g/mol. The fourth-order valence-electron chi connectivity index (χ4n) is 2.19. The number of amides is 1. The van der Waals surface area contributed by atoms with Gasteiger partial charge in [-0.05, 0) is 60.7 Å². The molecule has 2 aromatic carbocycles. The number of aromatic nitrogens is 1. The van der Waals surface area contributed by atoms with Crippen LogP contribution in [0.5, 0.6) is 17.4 Å². The van der Waals surface area contributed by atoms with Crippen molar-refractivity contribution in [2.45, 2.75) is 4.90 Å². The van der Waals surface area contributed by atoms with Crippen molar-refractivity contribution in [2.75, 3.05) is 18.2 Å². The molecule has 0 bridgehead atoms. The van der Waals surface area contributed by atoms with Crippen molar-refractivity contribution in [1.29, 1.82) is 0 Å². The minimum atomic E-state index is -0.150. The average Bonchev–Trinajstić information content (AvgIpc) is 2.70. The Bertz CT molecular complexity index is 902. The van der Waals surface area contributed by atoms with Crippen molar-refractivity contribution in [3.8, 4) is 17.4 Å². The number of rotatable bonds is 7. The molecule has 1 N–H and O–H groups in total. The summed E-state index contributed by atoms with van der Waals surface area (Å²) in [6.45, 7) is 0. The van der Waals surface area contributed by atoms with Crippen LogP contribution in [0.25, 0.3) is 0 Å². The molecule has 0 unspecified atom stereocenters. The van der Waals surface area contributed by atoms with E-state index in [2.05, 4.69) is 10.3 Å². The van der Waals surface area contributed by atoms with E-state index in [1.807, 2.05) is 12.1 Å². The van der Waals surface area contributed by atoms with Crippen LogP contribution in [0.1, 0.15) is 0 Å². The Morgan fingerprint density at radius 3 is 2.48 bits per heavy atom. The van der Waals surface area contributed by atoms with Crippen molar-refractivity contribution >= 4 is 35.0 Å². The number of halogens is 1. The highest BCUT2D eigenvalue weighted by Gasteiger charge is 2.10. The first kappa shape index (κ1) is 19.1. The topological polar surface area (TPSA) is 60.5 Å². The summed E-state index contributed by atoms with van der Waals surface area (Å²) in [5.74, 6) is 1.77. The van der Waals surface area contributed by atoms with E-state index < -0.39 is 0 Å². The first-order chi connectivity index (χ1) is 13.1.